The highest BCUT2D eigenvalue weighted by molar-refractivity contribution is 5.43. The Morgan fingerprint density at radius 1 is 1.13 bits per heavy atom. The second kappa shape index (κ2) is 8.39. The van der Waals surface area contributed by atoms with Crippen molar-refractivity contribution in [3.8, 4) is 11.5 Å². The third-order valence-corrected chi connectivity index (χ3v) is 3.61. The van der Waals surface area contributed by atoms with Crippen molar-refractivity contribution in [2.24, 2.45) is 0 Å². The predicted molar refractivity (Wildman–Crippen MR) is 95.0 cm³/mol. The van der Waals surface area contributed by atoms with Crippen molar-refractivity contribution in [1.82, 2.24) is 5.32 Å². The van der Waals surface area contributed by atoms with Crippen LogP contribution in [0.2, 0.25) is 0 Å². The van der Waals surface area contributed by atoms with Crippen LogP contribution in [0, 0.1) is 0 Å². The Morgan fingerprint density at radius 3 is 2.52 bits per heavy atom. The fourth-order valence-corrected chi connectivity index (χ4v) is 2.27. The first-order valence-corrected chi connectivity index (χ1v) is 7.82. The summed E-state index contributed by atoms with van der Waals surface area (Å²) in [6, 6.07) is 16.7. The summed E-state index contributed by atoms with van der Waals surface area (Å²) >= 11 is 0. The third kappa shape index (κ3) is 5.15. The maximum Gasteiger partial charge on any atom is 0.161 e. The minimum Gasteiger partial charge on any atom is -0.493 e. The van der Waals surface area contributed by atoms with E-state index in [9.17, 15) is 0 Å². The van der Waals surface area contributed by atoms with Crippen molar-refractivity contribution in [3.63, 3.8) is 0 Å². The van der Waals surface area contributed by atoms with Crippen LogP contribution >= 0.6 is 0 Å². The summed E-state index contributed by atoms with van der Waals surface area (Å²) in [7, 11) is 1.66. The van der Waals surface area contributed by atoms with Crippen molar-refractivity contribution < 1.29 is 9.47 Å². The van der Waals surface area contributed by atoms with Crippen LogP contribution in [0.5, 0.6) is 11.5 Å². The summed E-state index contributed by atoms with van der Waals surface area (Å²) in [5.74, 6) is 1.49. The van der Waals surface area contributed by atoms with Gasteiger partial charge in [0, 0.05) is 12.6 Å². The van der Waals surface area contributed by atoms with E-state index < -0.39 is 0 Å². The average molecular weight is 311 g/mol. The van der Waals surface area contributed by atoms with Crippen LogP contribution in [-0.4, -0.2) is 13.7 Å². The van der Waals surface area contributed by atoms with Gasteiger partial charge in [0.2, 0.25) is 0 Å². The van der Waals surface area contributed by atoms with E-state index in [2.05, 4.69) is 49.2 Å². The zero-order chi connectivity index (χ0) is 16.7. The normalized spacial score (nSPS) is 11.8. The molecule has 122 valence electrons. The van der Waals surface area contributed by atoms with E-state index in [0.29, 0.717) is 12.6 Å². The molecule has 3 nitrogen and oxygen atoms in total. The average Bonchev–Trinajstić information content (AvgIpc) is 2.58. The van der Waals surface area contributed by atoms with Gasteiger partial charge in [-0.3, -0.25) is 0 Å². The molecule has 0 amide bonds. The van der Waals surface area contributed by atoms with Gasteiger partial charge in [-0.2, -0.15) is 0 Å². The lowest BCUT2D eigenvalue weighted by Gasteiger charge is -2.16. The molecule has 2 rings (SSSR count). The zero-order valence-corrected chi connectivity index (χ0v) is 14.1. The van der Waals surface area contributed by atoms with Crippen LogP contribution in [-0.2, 0) is 6.54 Å². The number of methoxy groups -OCH3 is 1. The second-order valence-corrected chi connectivity index (χ2v) is 5.74. The van der Waals surface area contributed by atoms with Gasteiger partial charge in [0.15, 0.2) is 11.5 Å². The largest absolute Gasteiger partial charge is 0.493 e. The van der Waals surface area contributed by atoms with Crippen LogP contribution in [0.4, 0.5) is 0 Å². The lowest BCUT2D eigenvalue weighted by molar-refractivity contribution is 0.319. The Bertz CT molecular complexity index is 637. The molecule has 2 aromatic rings. The molecule has 0 aliphatic carbocycles. The molecule has 0 bridgehead atoms. The van der Waals surface area contributed by atoms with Crippen molar-refractivity contribution in [2.75, 3.05) is 13.7 Å². The molecule has 0 spiro atoms. The fraction of sp³-hybridized carbons (Fsp3) is 0.300. The summed E-state index contributed by atoms with van der Waals surface area (Å²) in [6.45, 7) is 9.22. The first-order valence-electron chi connectivity index (χ1n) is 7.82. The topological polar surface area (TPSA) is 30.5 Å². The lowest BCUT2D eigenvalue weighted by Crippen LogP contribution is -2.18. The first-order chi connectivity index (χ1) is 11.1. The molecule has 1 unspecified atom stereocenters. The summed E-state index contributed by atoms with van der Waals surface area (Å²) in [6.07, 6.45) is 0. The molecular weight excluding hydrogens is 286 g/mol. The van der Waals surface area contributed by atoms with E-state index in [1.807, 2.05) is 25.1 Å². The number of rotatable bonds is 8. The number of hydrogen-bond donors (Lipinski definition) is 1. The summed E-state index contributed by atoms with van der Waals surface area (Å²) in [5, 5.41) is 3.53. The number of nitrogens with one attached hydrogen (secondary N) is 1. The van der Waals surface area contributed by atoms with E-state index in [-0.39, 0.29) is 0 Å². The summed E-state index contributed by atoms with van der Waals surface area (Å²) in [5.41, 5.74) is 3.42. The Kier molecular flexibility index (Phi) is 6.24. The maximum atomic E-state index is 5.69. The van der Waals surface area contributed by atoms with Crippen molar-refractivity contribution >= 4 is 0 Å². The van der Waals surface area contributed by atoms with Gasteiger partial charge in [0.05, 0.1) is 7.11 Å². The van der Waals surface area contributed by atoms with E-state index in [1.54, 1.807) is 7.11 Å². The molecule has 0 fully saturated rings. The van der Waals surface area contributed by atoms with Gasteiger partial charge in [0.25, 0.3) is 0 Å². The fourth-order valence-electron chi connectivity index (χ4n) is 2.27. The van der Waals surface area contributed by atoms with Gasteiger partial charge < -0.3 is 14.8 Å². The molecule has 0 aliphatic rings. The van der Waals surface area contributed by atoms with Crippen molar-refractivity contribution in [3.05, 3.63) is 71.8 Å². The molecule has 1 atom stereocenters. The van der Waals surface area contributed by atoms with Crippen LogP contribution in [0.1, 0.15) is 31.0 Å². The lowest BCUT2D eigenvalue weighted by atomic mass is 10.1. The molecule has 0 saturated heterocycles. The highest BCUT2D eigenvalue weighted by atomic mass is 16.5. The Morgan fingerprint density at radius 2 is 1.87 bits per heavy atom. The Labute approximate surface area is 138 Å². The molecule has 0 saturated carbocycles. The number of benzene rings is 2. The molecule has 2 aromatic carbocycles. The Balaban J connectivity index is 1.99. The van der Waals surface area contributed by atoms with E-state index in [4.69, 9.17) is 9.47 Å². The number of hydrogen-bond acceptors (Lipinski definition) is 3. The SMILES string of the molecule is C=C(C)COc1ccc(CNC(C)c2ccccc2)cc1OC. The highest BCUT2D eigenvalue weighted by Crippen LogP contribution is 2.28. The molecule has 3 heteroatoms. The van der Waals surface area contributed by atoms with Crippen LogP contribution in [0.15, 0.2) is 60.7 Å². The van der Waals surface area contributed by atoms with E-state index >= 15 is 0 Å². The molecule has 0 radical (unpaired) electrons. The highest BCUT2D eigenvalue weighted by Gasteiger charge is 2.08. The maximum absolute atomic E-state index is 5.69. The predicted octanol–water partition coefficient (Wildman–Crippen LogP) is 4.50. The van der Waals surface area contributed by atoms with Gasteiger partial charge in [-0.15, -0.1) is 0 Å². The minimum absolute atomic E-state index is 0.293. The van der Waals surface area contributed by atoms with Crippen LogP contribution in [0.25, 0.3) is 0 Å². The van der Waals surface area contributed by atoms with Crippen LogP contribution in [0.3, 0.4) is 0 Å². The standard InChI is InChI=1S/C20H25NO2/c1-15(2)14-23-19-11-10-17(12-20(19)22-4)13-21-16(3)18-8-6-5-7-9-18/h5-12,16,21H,1,13-14H2,2-4H3. The molecule has 0 aliphatic heterocycles. The first kappa shape index (κ1) is 17.1. The van der Waals surface area contributed by atoms with Crippen molar-refractivity contribution in [2.45, 2.75) is 26.4 Å². The quantitative estimate of drug-likeness (QED) is 0.728. The molecule has 0 aromatic heterocycles. The van der Waals surface area contributed by atoms with E-state index in [1.165, 1.54) is 5.56 Å². The van der Waals surface area contributed by atoms with Crippen LogP contribution < -0.4 is 14.8 Å². The zero-order valence-electron chi connectivity index (χ0n) is 14.1. The summed E-state index contributed by atoms with van der Waals surface area (Å²) in [4.78, 5) is 0. The van der Waals surface area contributed by atoms with Gasteiger partial charge in [0.1, 0.15) is 6.61 Å². The van der Waals surface area contributed by atoms with Gasteiger partial charge in [-0.1, -0.05) is 43.0 Å². The minimum atomic E-state index is 0.293. The second-order valence-electron chi connectivity index (χ2n) is 5.74. The smallest absolute Gasteiger partial charge is 0.161 e. The molecule has 23 heavy (non-hydrogen) atoms. The third-order valence-electron chi connectivity index (χ3n) is 3.61. The number of ether oxygens (including phenoxy) is 2. The van der Waals surface area contributed by atoms with Gasteiger partial charge >= 0.3 is 0 Å². The molecule has 0 heterocycles. The monoisotopic (exact) mass is 311 g/mol. The molecular formula is C20H25NO2. The van der Waals surface area contributed by atoms with E-state index in [0.717, 1.165) is 29.2 Å². The van der Waals surface area contributed by atoms with Gasteiger partial charge in [-0.05, 0) is 42.7 Å². The summed E-state index contributed by atoms with van der Waals surface area (Å²) < 4.78 is 11.1. The van der Waals surface area contributed by atoms with Crippen molar-refractivity contribution in [1.29, 1.82) is 0 Å². The molecule has 1 N–H and O–H groups in total. The van der Waals surface area contributed by atoms with Gasteiger partial charge in [-0.25, -0.2) is 0 Å². The Hall–Kier alpha value is -2.26.